The highest BCUT2D eigenvalue weighted by atomic mass is 35.5. The number of carboxylic acid groups (broad SMARTS) is 1. The fraction of sp³-hybridized carbons (Fsp3) is 0.533. The lowest BCUT2D eigenvalue weighted by atomic mass is 9.96. The van der Waals surface area contributed by atoms with Gasteiger partial charge < -0.3 is 15.5 Å². The van der Waals surface area contributed by atoms with Crippen LogP contribution in [0.4, 0.5) is 23.2 Å². The topological polar surface area (TPSA) is 69.6 Å². The third kappa shape index (κ3) is 4.12. The minimum absolute atomic E-state index is 0.214. The fourth-order valence-corrected chi connectivity index (χ4v) is 2.66. The SMILES string of the molecule is CCC(Nc1c(C)cc(C(F)(Cl)C(O)(F)C(F)(F)Cl)cc1C)C(=O)O. The number of nitrogens with one attached hydrogen (secondary N) is 1. The summed E-state index contributed by atoms with van der Waals surface area (Å²) in [6.07, 6.45) is 0.237. The molecular formula is C15H17Cl2F4NO3. The van der Waals surface area contributed by atoms with E-state index in [9.17, 15) is 27.5 Å². The van der Waals surface area contributed by atoms with Gasteiger partial charge >= 0.3 is 17.2 Å². The van der Waals surface area contributed by atoms with Crippen molar-refractivity contribution in [2.45, 2.75) is 49.6 Å². The number of carbonyl (C=O) groups is 1. The monoisotopic (exact) mass is 405 g/mol. The Balaban J connectivity index is 3.37. The van der Waals surface area contributed by atoms with Crippen LogP contribution in [-0.4, -0.2) is 33.5 Å². The smallest absolute Gasteiger partial charge is 0.384 e. The average molecular weight is 406 g/mol. The molecule has 0 radical (unpaired) electrons. The molecule has 4 nitrogen and oxygen atoms in total. The van der Waals surface area contributed by atoms with Gasteiger partial charge in [-0.15, -0.1) is 0 Å². The fourth-order valence-electron chi connectivity index (χ4n) is 2.25. The Morgan fingerprint density at radius 2 is 1.64 bits per heavy atom. The second-order valence-electron chi connectivity index (χ2n) is 5.62. The summed E-state index contributed by atoms with van der Waals surface area (Å²) in [5, 5.41) is 12.0. The molecule has 25 heavy (non-hydrogen) atoms. The second-order valence-corrected chi connectivity index (χ2v) is 6.62. The van der Waals surface area contributed by atoms with Crippen LogP contribution in [-0.2, 0) is 9.92 Å². The van der Waals surface area contributed by atoms with Crippen molar-refractivity contribution in [2.75, 3.05) is 5.32 Å². The van der Waals surface area contributed by atoms with Crippen LogP contribution in [0.15, 0.2) is 12.1 Å². The first-order valence-corrected chi connectivity index (χ1v) is 7.89. The van der Waals surface area contributed by atoms with Gasteiger partial charge in [-0.25, -0.2) is 9.18 Å². The van der Waals surface area contributed by atoms with E-state index in [0.29, 0.717) is 5.69 Å². The molecule has 0 aliphatic carbocycles. The van der Waals surface area contributed by atoms with E-state index in [4.69, 9.17) is 16.7 Å². The highest BCUT2D eigenvalue weighted by molar-refractivity contribution is 6.26. The van der Waals surface area contributed by atoms with Gasteiger partial charge in [-0.05, 0) is 55.1 Å². The Morgan fingerprint density at radius 1 is 1.20 bits per heavy atom. The molecule has 0 aromatic heterocycles. The van der Waals surface area contributed by atoms with Gasteiger partial charge in [0.15, 0.2) is 0 Å². The number of rotatable bonds is 7. The van der Waals surface area contributed by atoms with Crippen molar-refractivity contribution in [2.24, 2.45) is 0 Å². The predicted octanol–water partition coefficient (Wildman–Crippen LogP) is 4.43. The molecule has 0 saturated carbocycles. The zero-order valence-corrected chi connectivity index (χ0v) is 15.0. The molecule has 1 aromatic rings. The lowest BCUT2D eigenvalue weighted by Gasteiger charge is -2.33. The van der Waals surface area contributed by atoms with E-state index in [2.05, 4.69) is 16.9 Å². The number of aliphatic hydroxyl groups is 1. The van der Waals surface area contributed by atoms with Gasteiger partial charge in [-0.1, -0.05) is 18.5 Å². The first kappa shape index (κ1) is 21.8. The van der Waals surface area contributed by atoms with E-state index in [1.54, 1.807) is 6.92 Å². The highest BCUT2D eigenvalue weighted by Gasteiger charge is 2.68. The van der Waals surface area contributed by atoms with Gasteiger partial charge in [0.25, 0.3) is 5.13 Å². The van der Waals surface area contributed by atoms with Gasteiger partial charge in [0.1, 0.15) is 6.04 Å². The molecule has 0 fully saturated rings. The molecule has 3 unspecified atom stereocenters. The van der Waals surface area contributed by atoms with Crippen LogP contribution in [0.3, 0.4) is 0 Å². The van der Waals surface area contributed by atoms with Gasteiger partial charge in [-0.2, -0.15) is 13.2 Å². The molecular weight excluding hydrogens is 389 g/mol. The largest absolute Gasteiger partial charge is 0.480 e. The summed E-state index contributed by atoms with van der Waals surface area (Å²) < 4.78 is 54.4. The van der Waals surface area contributed by atoms with Crippen molar-refractivity contribution < 1.29 is 32.6 Å². The molecule has 1 aromatic carbocycles. The Morgan fingerprint density at radius 3 is 1.96 bits per heavy atom. The zero-order chi connectivity index (χ0) is 19.8. The minimum Gasteiger partial charge on any atom is -0.480 e. The van der Waals surface area contributed by atoms with Crippen LogP contribution in [0.1, 0.15) is 30.0 Å². The van der Waals surface area contributed by atoms with Crippen molar-refractivity contribution >= 4 is 34.9 Å². The van der Waals surface area contributed by atoms with Crippen molar-refractivity contribution in [3.63, 3.8) is 0 Å². The molecule has 3 N–H and O–H groups in total. The number of alkyl halides is 6. The van der Waals surface area contributed by atoms with Crippen LogP contribution in [0, 0.1) is 13.8 Å². The predicted molar refractivity (Wildman–Crippen MR) is 86.8 cm³/mol. The number of hydrogen-bond acceptors (Lipinski definition) is 3. The first-order chi connectivity index (χ1) is 11.2. The average Bonchev–Trinajstić information content (AvgIpc) is 2.44. The summed E-state index contributed by atoms with van der Waals surface area (Å²) >= 11 is 9.68. The number of anilines is 1. The molecule has 10 heteroatoms. The number of benzene rings is 1. The summed E-state index contributed by atoms with van der Waals surface area (Å²) in [6, 6.07) is 0.897. The van der Waals surface area contributed by atoms with E-state index < -0.39 is 33.9 Å². The van der Waals surface area contributed by atoms with Crippen LogP contribution in [0.5, 0.6) is 0 Å². The van der Waals surface area contributed by atoms with Gasteiger partial charge in [0.2, 0.25) is 0 Å². The third-order valence-electron chi connectivity index (χ3n) is 3.71. The summed E-state index contributed by atoms with van der Waals surface area (Å²) in [5.74, 6) is -6.01. The Bertz CT molecular complexity index is 640. The maximum Gasteiger partial charge on any atom is 0.384 e. The number of hydrogen-bond donors (Lipinski definition) is 3. The first-order valence-electron chi connectivity index (χ1n) is 7.13. The maximum absolute atomic E-state index is 14.5. The molecule has 0 amide bonds. The van der Waals surface area contributed by atoms with Gasteiger partial charge in [0.05, 0.1) is 0 Å². The molecule has 142 valence electrons. The number of aryl methyl sites for hydroxylation is 2. The van der Waals surface area contributed by atoms with E-state index in [-0.39, 0.29) is 17.5 Å². The van der Waals surface area contributed by atoms with E-state index in [1.807, 2.05) is 0 Å². The van der Waals surface area contributed by atoms with E-state index >= 15 is 0 Å². The van der Waals surface area contributed by atoms with Gasteiger partial charge in [-0.3, -0.25) is 0 Å². The Hall–Kier alpha value is -1.25. The normalized spacial score (nSPS) is 18.2. The number of halogens is 6. The Labute approximate surface area is 151 Å². The van der Waals surface area contributed by atoms with Crippen molar-refractivity contribution in [1.82, 2.24) is 0 Å². The number of carboxylic acids is 1. The summed E-state index contributed by atoms with van der Waals surface area (Å²) in [4.78, 5) is 11.1. The standard InChI is InChI=1S/C15H17Cl2F4NO3/c1-4-10(12(23)24)22-11-7(2)5-9(6-8(11)3)13(16,18)14(19,25)15(17,20)21/h5-6,10,22,25H,4H2,1-3H3,(H,23,24). The van der Waals surface area contributed by atoms with Crippen molar-refractivity contribution in [3.8, 4) is 0 Å². The van der Waals surface area contributed by atoms with Crippen LogP contribution in [0.2, 0.25) is 0 Å². The highest BCUT2D eigenvalue weighted by Crippen LogP contribution is 2.52. The second kappa shape index (κ2) is 7.17. The number of aliphatic carboxylic acids is 1. The summed E-state index contributed by atoms with van der Waals surface area (Å²) in [6.45, 7) is 4.45. The van der Waals surface area contributed by atoms with Gasteiger partial charge in [0, 0.05) is 11.3 Å². The minimum atomic E-state index is -4.99. The Kier molecular flexibility index (Phi) is 6.25. The van der Waals surface area contributed by atoms with E-state index in [0.717, 1.165) is 12.1 Å². The van der Waals surface area contributed by atoms with Crippen LogP contribution < -0.4 is 5.32 Å². The molecule has 0 bridgehead atoms. The molecule has 0 aliphatic heterocycles. The lowest BCUT2D eigenvalue weighted by molar-refractivity contribution is -0.260. The van der Waals surface area contributed by atoms with Crippen LogP contribution in [0.25, 0.3) is 0 Å². The lowest BCUT2D eigenvalue weighted by Crippen LogP contribution is -2.52. The maximum atomic E-state index is 14.5. The summed E-state index contributed by atoms with van der Waals surface area (Å²) in [5.41, 5.74) is -0.0639. The third-order valence-corrected chi connectivity index (χ3v) is 4.43. The zero-order valence-electron chi connectivity index (χ0n) is 13.5. The van der Waals surface area contributed by atoms with Crippen LogP contribution >= 0.6 is 23.2 Å². The summed E-state index contributed by atoms with van der Waals surface area (Å²) in [7, 11) is 0. The van der Waals surface area contributed by atoms with E-state index in [1.165, 1.54) is 13.8 Å². The molecule has 0 saturated heterocycles. The molecule has 0 aliphatic rings. The molecule has 1 rings (SSSR count). The molecule has 3 atom stereocenters. The van der Waals surface area contributed by atoms with Crippen molar-refractivity contribution in [1.29, 1.82) is 0 Å². The quantitative estimate of drug-likeness (QED) is 0.463. The molecule has 0 spiro atoms. The van der Waals surface area contributed by atoms with Crippen molar-refractivity contribution in [3.05, 3.63) is 28.8 Å². The molecule has 0 heterocycles.